The molecule has 2 rings (SSSR count). The Bertz CT molecular complexity index is 369. The molecule has 3 N–H and O–H groups in total. The molecule has 1 unspecified atom stereocenters. The van der Waals surface area contributed by atoms with E-state index in [2.05, 4.69) is 20.5 Å². The van der Waals surface area contributed by atoms with Crippen molar-refractivity contribution in [3.05, 3.63) is 11.6 Å². The second-order valence-corrected chi connectivity index (χ2v) is 4.08. The molecule has 6 heteroatoms. The molecule has 0 aliphatic heterocycles. The quantitative estimate of drug-likeness (QED) is 0.665. The number of hydrogen-bond acceptors (Lipinski definition) is 4. The summed E-state index contributed by atoms with van der Waals surface area (Å²) in [6, 6.07) is -0.227. The van der Waals surface area contributed by atoms with Crippen LogP contribution in [0.5, 0.6) is 0 Å². The van der Waals surface area contributed by atoms with Crippen LogP contribution < -0.4 is 5.32 Å². The van der Waals surface area contributed by atoms with Gasteiger partial charge >= 0.3 is 0 Å². The van der Waals surface area contributed by atoms with Crippen molar-refractivity contribution in [1.29, 1.82) is 0 Å². The number of aromatic amines is 1. The summed E-state index contributed by atoms with van der Waals surface area (Å²) < 4.78 is 0. The number of H-pyrrole nitrogens is 1. The van der Waals surface area contributed by atoms with Crippen molar-refractivity contribution >= 4 is 5.91 Å². The lowest BCUT2D eigenvalue weighted by Gasteiger charge is -2.11. The Kier molecular flexibility index (Phi) is 3.19. The van der Waals surface area contributed by atoms with Crippen molar-refractivity contribution in [2.75, 3.05) is 6.61 Å². The molecule has 6 nitrogen and oxygen atoms in total. The van der Waals surface area contributed by atoms with E-state index in [-0.39, 0.29) is 24.4 Å². The van der Waals surface area contributed by atoms with Gasteiger partial charge in [0, 0.05) is 5.92 Å². The number of aromatic nitrogens is 3. The third kappa shape index (κ3) is 2.38. The van der Waals surface area contributed by atoms with Gasteiger partial charge < -0.3 is 10.4 Å². The van der Waals surface area contributed by atoms with Crippen LogP contribution in [0.3, 0.4) is 0 Å². The van der Waals surface area contributed by atoms with Crippen LogP contribution in [0.2, 0.25) is 0 Å². The fraction of sp³-hybridized carbons (Fsp3) is 0.700. The summed E-state index contributed by atoms with van der Waals surface area (Å²) in [5.74, 6) is 1.08. The number of carbonyl (C=O) groups excluding carboxylic acids is 1. The number of nitrogens with zero attached hydrogens (tertiary/aromatic N) is 2. The first-order valence-corrected chi connectivity index (χ1v) is 5.58. The monoisotopic (exact) mass is 224 g/mol. The highest BCUT2D eigenvalue weighted by Crippen LogP contribution is 2.37. The first-order chi connectivity index (χ1) is 7.74. The Morgan fingerprint density at radius 3 is 3.00 bits per heavy atom. The molecule has 1 aliphatic carbocycles. The van der Waals surface area contributed by atoms with Gasteiger partial charge in [-0.1, -0.05) is 6.92 Å². The van der Waals surface area contributed by atoms with E-state index in [0.717, 1.165) is 18.7 Å². The van der Waals surface area contributed by atoms with Gasteiger partial charge in [0.25, 0.3) is 5.91 Å². The van der Waals surface area contributed by atoms with Crippen LogP contribution in [-0.2, 0) is 0 Å². The summed E-state index contributed by atoms with van der Waals surface area (Å²) in [6.07, 6.45) is 2.91. The predicted molar refractivity (Wildman–Crippen MR) is 57.0 cm³/mol. The number of aliphatic hydroxyl groups is 1. The van der Waals surface area contributed by atoms with E-state index >= 15 is 0 Å². The van der Waals surface area contributed by atoms with Gasteiger partial charge in [0.2, 0.25) is 5.82 Å². The first kappa shape index (κ1) is 11.1. The Labute approximate surface area is 93.5 Å². The molecular formula is C10H16N4O2. The van der Waals surface area contributed by atoms with Gasteiger partial charge in [0.15, 0.2) is 0 Å². The Hall–Kier alpha value is -1.43. The largest absolute Gasteiger partial charge is 0.394 e. The zero-order chi connectivity index (χ0) is 11.5. The van der Waals surface area contributed by atoms with Crippen molar-refractivity contribution in [2.45, 2.75) is 38.1 Å². The SMILES string of the molecule is CCC(CO)NC(=O)c1n[nH]c(C2CC2)n1. The van der Waals surface area contributed by atoms with Crippen molar-refractivity contribution in [1.82, 2.24) is 20.5 Å². The van der Waals surface area contributed by atoms with E-state index in [0.29, 0.717) is 12.3 Å². The number of amides is 1. The van der Waals surface area contributed by atoms with Gasteiger partial charge in [-0.15, -0.1) is 5.10 Å². The molecule has 0 bridgehead atoms. The van der Waals surface area contributed by atoms with E-state index in [1.165, 1.54) is 0 Å². The van der Waals surface area contributed by atoms with E-state index in [9.17, 15) is 4.79 Å². The molecule has 88 valence electrons. The van der Waals surface area contributed by atoms with Gasteiger partial charge in [-0.3, -0.25) is 9.89 Å². The number of nitrogens with one attached hydrogen (secondary N) is 2. The maximum Gasteiger partial charge on any atom is 0.291 e. The third-order valence-electron chi connectivity index (χ3n) is 2.72. The summed E-state index contributed by atoms with van der Waals surface area (Å²) in [6.45, 7) is 1.83. The molecule has 0 radical (unpaired) electrons. The average molecular weight is 224 g/mol. The lowest BCUT2D eigenvalue weighted by atomic mass is 10.2. The third-order valence-corrected chi connectivity index (χ3v) is 2.72. The molecule has 1 fully saturated rings. The zero-order valence-electron chi connectivity index (χ0n) is 9.23. The Morgan fingerprint density at radius 2 is 2.44 bits per heavy atom. The van der Waals surface area contributed by atoms with Crippen LogP contribution in [0.4, 0.5) is 0 Å². The van der Waals surface area contributed by atoms with E-state index in [4.69, 9.17) is 5.11 Å². The van der Waals surface area contributed by atoms with Crippen LogP contribution >= 0.6 is 0 Å². The highest BCUT2D eigenvalue weighted by molar-refractivity contribution is 5.90. The number of hydrogen-bond donors (Lipinski definition) is 3. The molecule has 0 saturated heterocycles. The minimum atomic E-state index is -0.330. The van der Waals surface area contributed by atoms with Crippen LogP contribution in [0.15, 0.2) is 0 Å². The van der Waals surface area contributed by atoms with Crippen molar-refractivity contribution in [3.8, 4) is 0 Å². The molecular weight excluding hydrogens is 208 g/mol. The molecule has 1 amide bonds. The smallest absolute Gasteiger partial charge is 0.291 e. The Balaban J connectivity index is 1.96. The molecule has 1 saturated carbocycles. The second-order valence-electron chi connectivity index (χ2n) is 4.08. The summed E-state index contributed by atoms with van der Waals surface area (Å²) in [7, 11) is 0. The molecule has 0 spiro atoms. The summed E-state index contributed by atoms with van der Waals surface area (Å²) in [5.41, 5.74) is 0. The second kappa shape index (κ2) is 4.61. The maximum atomic E-state index is 11.7. The summed E-state index contributed by atoms with van der Waals surface area (Å²) >= 11 is 0. The van der Waals surface area contributed by atoms with E-state index < -0.39 is 0 Å². The lowest BCUT2D eigenvalue weighted by Crippen LogP contribution is -2.37. The van der Waals surface area contributed by atoms with Gasteiger partial charge in [0.05, 0.1) is 12.6 Å². The van der Waals surface area contributed by atoms with Gasteiger partial charge in [-0.05, 0) is 19.3 Å². The molecule has 16 heavy (non-hydrogen) atoms. The molecule has 1 atom stereocenters. The first-order valence-electron chi connectivity index (χ1n) is 5.58. The standard InChI is InChI=1S/C10H16N4O2/c1-2-7(5-15)11-10(16)9-12-8(13-14-9)6-3-4-6/h6-7,15H,2-5H2,1H3,(H,11,16)(H,12,13,14). The van der Waals surface area contributed by atoms with Crippen LogP contribution in [0, 0.1) is 0 Å². The lowest BCUT2D eigenvalue weighted by molar-refractivity contribution is 0.0904. The van der Waals surface area contributed by atoms with E-state index in [1.807, 2.05) is 6.92 Å². The van der Waals surface area contributed by atoms with Crippen LogP contribution in [0.1, 0.15) is 48.5 Å². The zero-order valence-corrected chi connectivity index (χ0v) is 9.23. The fourth-order valence-electron chi connectivity index (χ4n) is 1.44. The average Bonchev–Trinajstić information content (AvgIpc) is 3.03. The predicted octanol–water partition coefficient (Wildman–Crippen LogP) is 0.183. The minimum absolute atomic E-state index is 0.0673. The molecule has 0 aromatic carbocycles. The van der Waals surface area contributed by atoms with Gasteiger partial charge in [0.1, 0.15) is 5.82 Å². The Morgan fingerprint density at radius 1 is 1.69 bits per heavy atom. The number of rotatable bonds is 5. The maximum absolute atomic E-state index is 11.7. The van der Waals surface area contributed by atoms with Crippen molar-refractivity contribution in [2.24, 2.45) is 0 Å². The van der Waals surface area contributed by atoms with Gasteiger partial charge in [-0.25, -0.2) is 4.98 Å². The highest BCUT2D eigenvalue weighted by atomic mass is 16.3. The van der Waals surface area contributed by atoms with E-state index in [1.54, 1.807) is 0 Å². The number of aliphatic hydroxyl groups excluding tert-OH is 1. The topological polar surface area (TPSA) is 90.9 Å². The highest BCUT2D eigenvalue weighted by Gasteiger charge is 2.28. The summed E-state index contributed by atoms with van der Waals surface area (Å²) in [4.78, 5) is 15.8. The molecule has 1 aliphatic rings. The van der Waals surface area contributed by atoms with Gasteiger partial charge in [-0.2, -0.15) is 0 Å². The summed E-state index contributed by atoms with van der Waals surface area (Å²) in [5, 5.41) is 18.3. The normalized spacial score (nSPS) is 17.1. The number of carbonyl (C=O) groups is 1. The minimum Gasteiger partial charge on any atom is -0.394 e. The van der Waals surface area contributed by atoms with Crippen LogP contribution in [-0.4, -0.2) is 38.8 Å². The van der Waals surface area contributed by atoms with Crippen molar-refractivity contribution in [3.63, 3.8) is 0 Å². The molecule has 1 heterocycles. The van der Waals surface area contributed by atoms with Crippen LogP contribution in [0.25, 0.3) is 0 Å². The molecule has 1 aromatic heterocycles. The van der Waals surface area contributed by atoms with Crippen molar-refractivity contribution < 1.29 is 9.90 Å². The molecule has 1 aromatic rings. The fourth-order valence-corrected chi connectivity index (χ4v) is 1.44.